The summed E-state index contributed by atoms with van der Waals surface area (Å²) in [5, 5.41) is 0. The van der Waals surface area contributed by atoms with Gasteiger partial charge < -0.3 is 4.74 Å². The fourth-order valence-electron chi connectivity index (χ4n) is 0.540. The third-order valence-electron chi connectivity index (χ3n) is 0.935. The Labute approximate surface area is 74.8 Å². The van der Waals surface area contributed by atoms with Crippen LogP contribution in [0.2, 0.25) is 0 Å². The van der Waals surface area contributed by atoms with Crippen LogP contribution < -0.4 is 0 Å². The molecule has 1 nitrogen and oxygen atoms in total. The number of benzene rings is 1. The van der Waals surface area contributed by atoms with Crippen LogP contribution in [0.15, 0.2) is 28.6 Å². The van der Waals surface area contributed by atoms with Crippen LogP contribution in [0, 0.1) is 0 Å². The zero-order chi connectivity index (χ0) is 10.9. The summed E-state index contributed by atoms with van der Waals surface area (Å²) in [4.78, 5) is 0. The molecule has 0 radical (unpaired) electrons. The number of hydrogen-bond acceptors (Lipinski definition) is 1. The highest BCUT2D eigenvalue weighted by Gasteiger charge is 1.89. The van der Waals surface area contributed by atoms with Crippen LogP contribution in [-0.2, 0) is 11.3 Å². The Morgan fingerprint density at radius 2 is 2.10 bits per heavy atom. The molecular formula is C8H9BrO. The molecule has 0 bridgehead atoms. The van der Waals surface area contributed by atoms with Crippen molar-refractivity contribution in [1.82, 2.24) is 0 Å². The lowest BCUT2D eigenvalue weighted by molar-refractivity contribution is 0.185. The lowest BCUT2D eigenvalue weighted by Crippen LogP contribution is -1.85. The predicted octanol–water partition coefficient (Wildman–Crippen LogP) is 2.60. The van der Waals surface area contributed by atoms with E-state index in [0.717, 1.165) is 0 Å². The molecule has 1 rings (SSSR count). The molecule has 0 fully saturated rings. The van der Waals surface area contributed by atoms with Crippen LogP contribution in [0.3, 0.4) is 0 Å². The molecule has 0 aliphatic carbocycles. The van der Waals surface area contributed by atoms with Crippen molar-refractivity contribution in [3.05, 3.63) is 34.2 Å². The maximum absolute atomic E-state index is 7.58. The second-order valence-corrected chi connectivity index (χ2v) is 2.52. The first-order valence-corrected chi connectivity index (χ1v) is 3.53. The highest BCUT2D eigenvalue weighted by atomic mass is 79.9. The van der Waals surface area contributed by atoms with Gasteiger partial charge in [0.1, 0.15) is 0 Å². The fraction of sp³-hybridized carbons (Fsp3) is 0.250. The van der Waals surface area contributed by atoms with Crippen molar-refractivity contribution in [1.29, 1.82) is 0 Å². The molecule has 0 N–H and O–H groups in total. The van der Waals surface area contributed by atoms with Crippen molar-refractivity contribution in [3.8, 4) is 0 Å². The fourth-order valence-corrected chi connectivity index (χ4v) is 0.738. The van der Waals surface area contributed by atoms with Crippen molar-refractivity contribution in [2.45, 2.75) is 6.61 Å². The molecule has 0 aliphatic rings. The summed E-state index contributed by atoms with van der Waals surface area (Å²) in [5.74, 6) is 0. The van der Waals surface area contributed by atoms with E-state index in [1.165, 1.54) is 7.11 Å². The van der Waals surface area contributed by atoms with Crippen LogP contribution in [0.25, 0.3) is 0 Å². The number of ether oxygens (including phenoxy) is 1. The summed E-state index contributed by atoms with van der Waals surface area (Å²) >= 11 is 3.01. The van der Waals surface area contributed by atoms with E-state index in [2.05, 4.69) is 15.9 Å². The van der Waals surface area contributed by atoms with Crippen molar-refractivity contribution < 1.29 is 10.2 Å². The third-order valence-corrected chi connectivity index (χ3v) is 1.33. The summed E-state index contributed by atoms with van der Waals surface area (Å²) < 4.78 is 35.2. The zero-order valence-corrected chi connectivity index (χ0v) is 7.08. The molecule has 0 saturated carbocycles. The summed E-state index contributed by atoms with van der Waals surface area (Å²) in [5.41, 5.74) is 0.283. The SMILES string of the molecule is [2H]c1c([2H])c(COC)c([2H])c([2H])c1Br. The van der Waals surface area contributed by atoms with Gasteiger partial charge in [-0.1, -0.05) is 28.0 Å². The first-order chi connectivity index (χ1) is 6.50. The van der Waals surface area contributed by atoms with Gasteiger partial charge in [-0.15, -0.1) is 0 Å². The van der Waals surface area contributed by atoms with Crippen molar-refractivity contribution in [3.63, 3.8) is 0 Å². The smallest absolute Gasteiger partial charge is 0.0713 e. The Kier molecular flexibility index (Phi) is 1.45. The molecule has 0 amide bonds. The first-order valence-electron chi connectivity index (χ1n) is 4.74. The van der Waals surface area contributed by atoms with E-state index < -0.39 is 0 Å². The quantitative estimate of drug-likeness (QED) is 0.720. The molecule has 0 atom stereocenters. The normalized spacial score (nSPS) is 15.4. The number of hydrogen-bond donors (Lipinski definition) is 0. The topological polar surface area (TPSA) is 9.23 Å². The van der Waals surface area contributed by atoms with Crippen LogP contribution in [-0.4, -0.2) is 7.11 Å². The highest BCUT2D eigenvalue weighted by molar-refractivity contribution is 9.10. The van der Waals surface area contributed by atoms with Gasteiger partial charge in [0.25, 0.3) is 0 Å². The van der Waals surface area contributed by atoms with Crippen LogP contribution in [0.5, 0.6) is 0 Å². The van der Waals surface area contributed by atoms with Gasteiger partial charge in [-0.2, -0.15) is 0 Å². The van der Waals surface area contributed by atoms with Crippen molar-refractivity contribution >= 4 is 15.9 Å². The lowest BCUT2D eigenvalue weighted by atomic mass is 10.2. The Hall–Kier alpha value is -0.340. The predicted molar refractivity (Wildman–Crippen MR) is 44.9 cm³/mol. The number of halogens is 1. The van der Waals surface area contributed by atoms with Gasteiger partial charge in [-0.3, -0.25) is 0 Å². The Morgan fingerprint density at radius 3 is 2.60 bits per heavy atom. The van der Waals surface area contributed by atoms with Crippen LogP contribution in [0.4, 0.5) is 0 Å². The summed E-state index contributed by atoms with van der Waals surface area (Å²) in [6, 6.07) is -0.254. The molecule has 0 spiro atoms. The van der Waals surface area contributed by atoms with E-state index in [1.54, 1.807) is 0 Å². The second kappa shape index (κ2) is 3.74. The van der Waals surface area contributed by atoms with E-state index in [0.29, 0.717) is 0 Å². The van der Waals surface area contributed by atoms with Gasteiger partial charge in [0.15, 0.2) is 0 Å². The van der Waals surface area contributed by atoms with Gasteiger partial charge in [0.2, 0.25) is 0 Å². The summed E-state index contributed by atoms with van der Waals surface area (Å²) in [6.45, 7) is 0.0860. The minimum Gasteiger partial charge on any atom is -0.380 e. The summed E-state index contributed by atoms with van der Waals surface area (Å²) in [7, 11) is 1.45. The minimum atomic E-state index is -0.0712. The van der Waals surface area contributed by atoms with E-state index in [-0.39, 0.29) is 40.8 Å². The summed E-state index contributed by atoms with van der Waals surface area (Å²) in [6.07, 6.45) is 0. The average molecular weight is 205 g/mol. The molecule has 54 valence electrons. The Bertz CT molecular complexity index is 338. The molecule has 0 unspecified atom stereocenters. The largest absolute Gasteiger partial charge is 0.380 e. The Balaban J connectivity index is 3.43. The van der Waals surface area contributed by atoms with Crippen molar-refractivity contribution in [2.75, 3.05) is 7.11 Å². The molecule has 0 saturated heterocycles. The minimum absolute atomic E-state index is 0.0558. The van der Waals surface area contributed by atoms with Crippen LogP contribution >= 0.6 is 15.9 Å². The molecule has 0 aromatic heterocycles. The molecule has 0 aliphatic heterocycles. The molecule has 10 heavy (non-hydrogen) atoms. The van der Waals surface area contributed by atoms with E-state index >= 15 is 0 Å². The molecule has 1 aromatic rings. The number of rotatable bonds is 2. The maximum atomic E-state index is 7.58. The van der Waals surface area contributed by atoms with Gasteiger partial charge in [-0.05, 0) is 17.6 Å². The second-order valence-electron chi connectivity index (χ2n) is 1.73. The van der Waals surface area contributed by atoms with E-state index in [9.17, 15) is 0 Å². The standard InChI is InChI=1S/C8H9BrO/c1-10-6-7-2-4-8(9)5-3-7/h2-5H,6H2,1H3/i2D,3D,4D,5D. The third kappa shape index (κ3) is 2.12. The van der Waals surface area contributed by atoms with Gasteiger partial charge in [0, 0.05) is 11.6 Å². The van der Waals surface area contributed by atoms with E-state index in [1.807, 2.05) is 0 Å². The maximum Gasteiger partial charge on any atom is 0.0713 e. The average Bonchev–Trinajstić information content (AvgIpc) is 2.19. The first kappa shape index (κ1) is 3.88. The molecule has 1 aromatic carbocycles. The molecule has 2 heteroatoms. The zero-order valence-electron chi connectivity index (χ0n) is 9.49. The van der Waals surface area contributed by atoms with Crippen molar-refractivity contribution in [2.24, 2.45) is 0 Å². The highest BCUT2D eigenvalue weighted by Crippen LogP contribution is 2.10. The molecule has 0 heterocycles. The monoisotopic (exact) mass is 204 g/mol. The van der Waals surface area contributed by atoms with Gasteiger partial charge >= 0.3 is 0 Å². The van der Waals surface area contributed by atoms with Gasteiger partial charge in [-0.25, -0.2) is 0 Å². The van der Waals surface area contributed by atoms with Gasteiger partial charge in [0.05, 0.1) is 12.1 Å². The molecular weight excluding hydrogens is 192 g/mol. The Morgan fingerprint density at radius 1 is 1.50 bits per heavy atom. The lowest BCUT2D eigenvalue weighted by Gasteiger charge is -1.97. The van der Waals surface area contributed by atoms with E-state index in [4.69, 9.17) is 10.2 Å². The van der Waals surface area contributed by atoms with Crippen LogP contribution in [0.1, 0.15) is 11.0 Å². The number of methoxy groups -OCH3 is 1.